The Labute approximate surface area is 97.9 Å². The molecule has 1 N–H and O–H groups in total. The predicted octanol–water partition coefficient (Wildman–Crippen LogP) is 2.21. The Kier molecular flexibility index (Phi) is 3.00. The molecule has 0 radical (unpaired) electrons. The molecule has 0 unspecified atom stereocenters. The van der Waals surface area contributed by atoms with E-state index in [1.54, 1.807) is 6.07 Å². The summed E-state index contributed by atoms with van der Waals surface area (Å²) >= 11 is 4.09. The first-order valence-electron chi connectivity index (χ1n) is 4.85. The van der Waals surface area contributed by atoms with Crippen molar-refractivity contribution < 1.29 is 9.32 Å². The van der Waals surface area contributed by atoms with Crippen LogP contribution in [-0.4, -0.2) is 17.7 Å². The first-order valence-corrected chi connectivity index (χ1v) is 5.25. The normalized spacial score (nSPS) is 10.4. The summed E-state index contributed by atoms with van der Waals surface area (Å²) in [5, 5.41) is 7.19. The maximum absolute atomic E-state index is 11.5. The van der Waals surface area contributed by atoms with Crippen LogP contribution in [0.15, 0.2) is 28.8 Å². The largest absolute Gasteiger partial charge is 0.354 e. The number of fused-ring (bicyclic) bond motifs is 1. The van der Waals surface area contributed by atoms with Crippen LogP contribution < -0.4 is 9.62 Å². The van der Waals surface area contributed by atoms with Crippen molar-refractivity contribution in [1.82, 2.24) is 10.5 Å². The smallest absolute Gasteiger partial charge is 0.333 e. The zero-order valence-electron chi connectivity index (χ0n) is 8.67. The zero-order valence-corrected chi connectivity index (χ0v) is 9.57. The van der Waals surface area contributed by atoms with Crippen molar-refractivity contribution >= 4 is 35.6 Å². The molecule has 6 heteroatoms. The molecular weight excluding hydrogens is 226 g/mol. The number of nitrogens with zero attached hydrogens (tertiary/aromatic N) is 2. The van der Waals surface area contributed by atoms with Gasteiger partial charge in [-0.2, -0.15) is 0 Å². The average Bonchev–Trinajstić information content (AvgIpc) is 2.72. The molecule has 5 nitrogen and oxygen atoms in total. The second-order valence-electron chi connectivity index (χ2n) is 3.15. The van der Waals surface area contributed by atoms with Gasteiger partial charge in [0.15, 0.2) is 11.4 Å². The highest BCUT2D eigenvalue weighted by Crippen LogP contribution is 2.26. The van der Waals surface area contributed by atoms with E-state index in [1.165, 1.54) is 0 Å². The number of hydrogen-bond donors (Lipinski definition) is 2. The minimum atomic E-state index is -0.329. The summed E-state index contributed by atoms with van der Waals surface area (Å²) in [6.07, 6.45) is 0. The molecule has 16 heavy (non-hydrogen) atoms. The van der Waals surface area contributed by atoms with Crippen LogP contribution in [0.1, 0.15) is 6.92 Å². The molecular formula is C10H11N3O2S. The Bertz CT molecular complexity index is 511. The van der Waals surface area contributed by atoms with Crippen molar-refractivity contribution in [3.63, 3.8) is 0 Å². The van der Waals surface area contributed by atoms with Gasteiger partial charge in [0.25, 0.3) is 0 Å². The molecule has 0 atom stereocenters. The third-order valence-electron chi connectivity index (χ3n) is 2.08. The van der Waals surface area contributed by atoms with E-state index in [9.17, 15) is 4.79 Å². The summed E-state index contributed by atoms with van der Waals surface area (Å²) in [4.78, 5) is 11.5. The van der Waals surface area contributed by atoms with Crippen molar-refractivity contribution in [2.75, 3.05) is 10.8 Å². The van der Waals surface area contributed by atoms with Crippen LogP contribution in [-0.2, 0) is 0 Å². The highest BCUT2D eigenvalue weighted by molar-refractivity contribution is 7.82. The molecule has 2 aromatic rings. The Morgan fingerprint density at radius 3 is 3.06 bits per heavy atom. The highest BCUT2D eigenvalue weighted by Gasteiger charge is 2.18. The van der Waals surface area contributed by atoms with Gasteiger partial charge < -0.3 is 9.84 Å². The fourth-order valence-electron chi connectivity index (χ4n) is 1.35. The number of carbonyl (C=O) groups excluding carboxylic acids is 1. The third kappa shape index (κ3) is 1.83. The summed E-state index contributed by atoms with van der Waals surface area (Å²) in [5.41, 5.74) is 0.626. The fourth-order valence-corrected chi connectivity index (χ4v) is 1.56. The van der Waals surface area contributed by atoms with E-state index in [2.05, 4.69) is 23.3 Å². The molecule has 1 heterocycles. The molecule has 0 bridgehead atoms. The molecule has 0 aliphatic carbocycles. The van der Waals surface area contributed by atoms with Crippen molar-refractivity contribution in [2.24, 2.45) is 0 Å². The van der Waals surface area contributed by atoms with E-state index >= 15 is 0 Å². The van der Waals surface area contributed by atoms with Crippen molar-refractivity contribution in [3.8, 4) is 0 Å². The van der Waals surface area contributed by atoms with Crippen molar-refractivity contribution in [3.05, 3.63) is 24.3 Å². The number of nitrogens with one attached hydrogen (secondary N) is 1. The number of thiol groups is 1. The summed E-state index contributed by atoms with van der Waals surface area (Å²) in [5.74, 6) is 0.393. The van der Waals surface area contributed by atoms with Crippen LogP contribution in [0.25, 0.3) is 11.0 Å². The number of carbonyl (C=O) groups is 1. The number of aromatic nitrogens is 1. The van der Waals surface area contributed by atoms with Gasteiger partial charge in [-0.15, -0.1) is 0 Å². The molecule has 2 rings (SSSR count). The average molecular weight is 237 g/mol. The van der Waals surface area contributed by atoms with Crippen LogP contribution in [0.4, 0.5) is 10.6 Å². The number of amides is 2. The van der Waals surface area contributed by atoms with Crippen LogP contribution in [0.2, 0.25) is 0 Å². The van der Waals surface area contributed by atoms with Crippen molar-refractivity contribution in [2.45, 2.75) is 6.92 Å². The quantitative estimate of drug-likeness (QED) is 0.787. The van der Waals surface area contributed by atoms with Crippen molar-refractivity contribution in [1.29, 1.82) is 0 Å². The summed E-state index contributed by atoms with van der Waals surface area (Å²) < 4.78 is 6.21. The molecule has 0 aliphatic heterocycles. The number of rotatable bonds is 2. The van der Waals surface area contributed by atoms with Gasteiger partial charge in [-0.1, -0.05) is 30.1 Å². The van der Waals surface area contributed by atoms with E-state index < -0.39 is 0 Å². The zero-order chi connectivity index (χ0) is 11.5. The van der Waals surface area contributed by atoms with E-state index in [0.717, 1.165) is 9.69 Å². The Morgan fingerprint density at radius 1 is 1.56 bits per heavy atom. The monoisotopic (exact) mass is 237 g/mol. The number of para-hydroxylation sites is 1. The minimum absolute atomic E-state index is 0.329. The first kappa shape index (κ1) is 10.8. The predicted molar refractivity (Wildman–Crippen MR) is 64.5 cm³/mol. The molecule has 0 aliphatic rings. The molecule has 0 saturated heterocycles. The maximum atomic E-state index is 11.5. The highest BCUT2D eigenvalue weighted by atomic mass is 32.1. The van der Waals surface area contributed by atoms with Crippen LogP contribution in [0.5, 0.6) is 0 Å². The molecule has 2 amide bonds. The molecule has 1 aromatic heterocycles. The van der Waals surface area contributed by atoms with E-state index in [4.69, 9.17) is 4.52 Å². The summed E-state index contributed by atoms with van der Waals surface area (Å²) in [6, 6.07) is 6.97. The standard InChI is InChI=1S/C10H11N3O2S/c1-2-11-10(14)13(16)9-7-5-3-4-6-8(7)15-12-9/h3-6,16H,2H2,1H3,(H,11,14). The Morgan fingerprint density at radius 2 is 2.31 bits per heavy atom. The minimum Gasteiger partial charge on any atom is -0.354 e. The van der Waals surface area contributed by atoms with Gasteiger partial charge in [0, 0.05) is 6.54 Å². The lowest BCUT2D eigenvalue weighted by molar-refractivity contribution is 0.250. The van der Waals surface area contributed by atoms with Gasteiger partial charge in [-0.05, 0) is 19.1 Å². The Hall–Kier alpha value is -1.69. The van der Waals surface area contributed by atoms with Gasteiger partial charge in [-0.25, -0.2) is 9.10 Å². The lowest BCUT2D eigenvalue weighted by Gasteiger charge is -2.12. The van der Waals surface area contributed by atoms with E-state index in [1.807, 2.05) is 25.1 Å². The van der Waals surface area contributed by atoms with Crippen LogP contribution in [0.3, 0.4) is 0 Å². The van der Waals surface area contributed by atoms with Gasteiger partial charge in [-0.3, -0.25) is 0 Å². The second-order valence-corrected chi connectivity index (χ2v) is 3.55. The molecule has 0 saturated carbocycles. The van der Waals surface area contributed by atoms with Gasteiger partial charge in [0.1, 0.15) is 0 Å². The Balaban J connectivity index is 2.36. The van der Waals surface area contributed by atoms with E-state index in [0.29, 0.717) is 17.9 Å². The second kappa shape index (κ2) is 4.44. The number of urea groups is 1. The number of hydrogen-bond acceptors (Lipinski definition) is 4. The lowest BCUT2D eigenvalue weighted by Crippen LogP contribution is -2.33. The van der Waals surface area contributed by atoms with Crippen LogP contribution in [0, 0.1) is 0 Å². The topological polar surface area (TPSA) is 58.4 Å². The lowest BCUT2D eigenvalue weighted by atomic mass is 10.2. The van der Waals surface area contributed by atoms with Gasteiger partial charge >= 0.3 is 6.03 Å². The van der Waals surface area contributed by atoms with Gasteiger partial charge in [0.05, 0.1) is 5.39 Å². The summed E-state index contributed by atoms with van der Waals surface area (Å²) in [6.45, 7) is 2.37. The van der Waals surface area contributed by atoms with Gasteiger partial charge in [0.2, 0.25) is 0 Å². The molecule has 0 fully saturated rings. The third-order valence-corrected chi connectivity index (χ3v) is 2.45. The number of benzene rings is 1. The fraction of sp³-hybridized carbons (Fsp3) is 0.200. The SMILES string of the molecule is CCNC(=O)N(S)c1noc2ccccc12. The first-order chi connectivity index (χ1) is 7.74. The molecule has 84 valence electrons. The maximum Gasteiger partial charge on any atom is 0.333 e. The number of anilines is 1. The summed E-state index contributed by atoms with van der Waals surface area (Å²) in [7, 11) is 0. The molecule has 1 aromatic carbocycles. The van der Waals surface area contributed by atoms with E-state index in [-0.39, 0.29) is 6.03 Å². The van der Waals surface area contributed by atoms with Crippen LogP contribution >= 0.6 is 12.8 Å². The molecule has 0 spiro atoms.